The first-order chi connectivity index (χ1) is 6.75. The molecule has 0 atom stereocenters. The Labute approximate surface area is 81.5 Å². The third-order valence-corrected chi connectivity index (χ3v) is 2.18. The van der Waals surface area contributed by atoms with E-state index in [1.807, 2.05) is 0 Å². The molecule has 1 N–H and O–H groups in total. The van der Waals surface area contributed by atoms with E-state index in [9.17, 15) is 9.18 Å². The lowest BCUT2D eigenvalue weighted by Crippen LogP contribution is -2.46. The van der Waals surface area contributed by atoms with Crippen LogP contribution in [0, 0.1) is 5.82 Å². The molecule has 0 aliphatic carbocycles. The number of amides is 1. The van der Waals surface area contributed by atoms with Crippen LogP contribution in [0.15, 0.2) is 24.3 Å². The molecule has 74 valence electrons. The highest BCUT2D eigenvalue weighted by atomic mass is 19.1. The number of nitrogens with one attached hydrogen (secondary N) is 1. The van der Waals surface area contributed by atoms with Crippen molar-refractivity contribution in [2.45, 2.75) is 12.8 Å². The van der Waals surface area contributed by atoms with E-state index in [-0.39, 0.29) is 11.7 Å². The van der Waals surface area contributed by atoms with Crippen LogP contribution in [0.25, 0.3) is 0 Å². The quantitative estimate of drug-likeness (QED) is 0.734. The van der Waals surface area contributed by atoms with Crippen molar-refractivity contribution in [2.24, 2.45) is 0 Å². The van der Waals surface area contributed by atoms with Gasteiger partial charge in [-0.3, -0.25) is 15.2 Å². The second-order valence-corrected chi connectivity index (χ2v) is 3.27. The second-order valence-electron chi connectivity index (χ2n) is 3.27. The van der Waals surface area contributed by atoms with E-state index in [0.29, 0.717) is 6.42 Å². The smallest absolute Gasteiger partial charge is 0.238 e. The summed E-state index contributed by atoms with van der Waals surface area (Å²) in [5.74, 6) is -0.252. The Morgan fingerprint density at radius 3 is 2.64 bits per heavy atom. The fraction of sp³-hybridized carbons (Fsp3) is 0.300. The number of anilines is 1. The molecule has 1 aromatic carbocycles. The Morgan fingerprint density at radius 1 is 1.29 bits per heavy atom. The monoisotopic (exact) mass is 194 g/mol. The molecule has 1 aliphatic rings. The van der Waals surface area contributed by atoms with Gasteiger partial charge in [0.2, 0.25) is 5.91 Å². The van der Waals surface area contributed by atoms with Crippen LogP contribution in [0.1, 0.15) is 12.8 Å². The summed E-state index contributed by atoms with van der Waals surface area (Å²) in [5, 5.41) is 1.74. The molecule has 4 heteroatoms. The van der Waals surface area contributed by atoms with Gasteiger partial charge in [-0.05, 0) is 30.7 Å². The van der Waals surface area contributed by atoms with Crippen LogP contribution in [-0.4, -0.2) is 12.5 Å². The van der Waals surface area contributed by atoms with E-state index in [1.165, 1.54) is 12.1 Å². The fourth-order valence-corrected chi connectivity index (χ4v) is 1.47. The maximum Gasteiger partial charge on any atom is 0.238 e. The largest absolute Gasteiger partial charge is 0.286 e. The van der Waals surface area contributed by atoms with Crippen LogP contribution >= 0.6 is 0 Å². The predicted octanol–water partition coefficient (Wildman–Crippen LogP) is 1.46. The number of hydrogen-bond donors (Lipinski definition) is 1. The first kappa shape index (κ1) is 8.99. The Balaban J connectivity index is 2.14. The third kappa shape index (κ3) is 1.84. The van der Waals surface area contributed by atoms with Crippen LogP contribution < -0.4 is 10.4 Å². The minimum Gasteiger partial charge on any atom is -0.286 e. The topological polar surface area (TPSA) is 32.3 Å². The zero-order valence-electron chi connectivity index (χ0n) is 7.66. The Hall–Kier alpha value is -1.58. The summed E-state index contributed by atoms with van der Waals surface area (Å²) in [7, 11) is 0. The number of halogens is 1. The number of rotatable bonds is 1. The number of benzene rings is 1. The van der Waals surface area contributed by atoms with Gasteiger partial charge in [0.25, 0.3) is 0 Å². The van der Waals surface area contributed by atoms with Crippen LogP contribution in [0.4, 0.5) is 10.1 Å². The molecule has 3 nitrogen and oxygen atoms in total. The summed E-state index contributed by atoms with van der Waals surface area (Å²) < 4.78 is 12.6. The molecule has 14 heavy (non-hydrogen) atoms. The predicted molar refractivity (Wildman–Crippen MR) is 51.1 cm³/mol. The normalized spacial score (nSPS) is 16.6. The number of hydrogen-bond acceptors (Lipinski definition) is 2. The standard InChI is InChI=1S/C10H11FN2O/c11-8-3-5-9(6-4-8)13-7-1-2-10(14)12-13/h3-6H,1-2,7H2,(H,12,14). The van der Waals surface area contributed by atoms with Gasteiger partial charge in [0, 0.05) is 13.0 Å². The van der Waals surface area contributed by atoms with Crippen molar-refractivity contribution in [1.82, 2.24) is 5.43 Å². The molecule has 1 aliphatic heterocycles. The van der Waals surface area contributed by atoms with E-state index in [4.69, 9.17) is 0 Å². The van der Waals surface area contributed by atoms with E-state index in [2.05, 4.69) is 5.43 Å². The molecule has 0 unspecified atom stereocenters. The molecule has 1 amide bonds. The average Bonchev–Trinajstić information content (AvgIpc) is 2.19. The van der Waals surface area contributed by atoms with Gasteiger partial charge in [0.1, 0.15) is 5.82 Å². The van der Waals surface area contributed by atoms with Crippen molar-refractivity contribution in [2.75, 3.05) is 11.6 Å². The molecule has 1 heterocycles. The first-order valence-electron chi connectivity index (χ1n) is 4.58. The van der Waals surface area contributed by atoms with E-state index in [1.54, 1.807) is 17.1 Å². The molecule has 0 radical (unpaired) electrons. The van der Waals surface area contributed by atoms with Crippen molar-refractivity contribution in [3.63, 3.8) is 0 Å². The van der Waals surface area contributed by atoms with Gasteiger partial charge >= 0.3 is 0 Å². The van der Waals surface area contributed by atoms with Gasteiger partial charge in [0.15, 0.2) is 0 Å². The summed E-state index contributed by atoms with van der Waals surface area (Å²) >= 11 is 0. The van der Waals surface area contributed by atoms with Crippen LogP contribution in [0.5, 0.6) is 0 Å². The summed E-state index contributed by atoms with van der Waals surface area (Å²) in [5.41, 5.74) is 3.54. The minimum atomic E-state index is -0.267. The van der Waals surface area contributed by atoms with Gasteiger partial charge < -0.3 is 0 Å². The van der Waals surface area contributed by atoms with Crippen LogP contribution in [0.2, 0.25) is 0 Å². The molecule has 2 rings (SSSR count). The summed E-state index contributed by atoms with van der Waals surface area (Å²) in [6.45, 7) is 0.775. The molecule has 1 aromatic rings. The fourth-order valence-electron chi connectivity index (χ4n) is 1.47. The first-order valence-corrected chi connectivity index (χ1v) is 4.58. The van der Waals surface area contributed by atoms with Gasteiger partial charge in [-0.2, -0.15) is 0 Å². The lowest BCUT2D eigenvalue weighted by Gasteiger charge is -2.29. The Kier molecular flexibility index (Phi) is 2.35. The van der Waals surface area contributed by atoms with Crippen LogP contribution in [0.3, 0.4) is 0 Å². The zero-order valence-corrected chi connectivity index (χ0v) is 7.66. The molecule has 0 spiro atoms. The highest BCUT2D eigenvalue weighted by Crippen LogP contribution is 2.15. The summed E-state index contributed by atoms with van der Waals surface area (Å²) in [6.07, 6.45) is 1.40. The number of hydrazine groups is 1. The summed E-state index contributed by atoms with van der Waals surface area (Å²) in [4.78, 5) is 11.1. The number of nitrogens with zero attached hydrogens (tertiary/aromatic N) is 1. The van der Waals surface area contributed by atoms with Crippen molar-refractivity contribution in [3.05, 3.63) is 30.1 Å². The Morgan fingerprint density at radius 2 is 2.00 bits per heavy atom. The second kappa shape index (κ2) is 3.65. The molecule has 0 aromatic heterocycles. The lowest BCUT2D eigenvalue weighted by atomic mass is 10.2. The van der Waals surface area contributed by atoms with E-state index >= 15 is 0 Å². The van der Waals surface area contributed by atoms with Crippen LogP contribution in [-0.2, 0) is 4.79 Å². The van der Waals surface area contributed by atoms with E-state index in [0.717, 1.165) is 18.7 Å². The highest BCUT2D eigenvalue weighted by molar-refractivity contribution is 5.79. The Bertz CT molecular complexity index is 336. The van der Waals surface area contributed by atoms with Gasteiger partial charge in [-0.15, -0.1) is 0 Å². The van der Waals surface area contributed by atoms with Gasteiger partial charge in [0.05, 0.1) is 5.69 Å². The molecule has 1 saturated heterocycles. The maximum atomic E-state index is 12.6. The molecular weight excluding hydrogens is 183 g/mol. The average molecular weight is 194 g/mol. The van der Waals surface area contributed by atoms with Gasteiger partial charge in [-0.25, -0.2) is 4.39 Å². The zero-order chi connectivity index (χ0) is 9.97. The third-order valence-electron chi connectivity index (χ3n) is 2.18. The molecule has 1 fully saturated rings. The van der Waals surface area contributed by atoms with Crippen molar-refractivity contribution < 1.29 is 9.18 Å². The van der Waals surface area contributed by atoms with Crippen molar-refractivity contribution in [1.29, 1.82) is 0 Å². The van der Waals surface area contributed by atoms with Crippen molar-refractivity contribution >= 4 is 11.6 Å². The lowest BCUT2D eigenvalue weighted by molar-refractivity contribution is -0.122. The number of carbonyl (C=O) groups excluding carboxylic acids is 1. The van der Waals surface area contributed by atoms with Gasteiger partial charge in [-0.1, -0.05) is 0 Å². The SMILES string of the molecule is O=C1CCCN(c2ccc(F)cc2)N1. The van der Waals surface area contributed by atoms with Crippen molar-refractivity contribution in [3.8, 4) is 0 Å². The van der Waals surface area contributed by atoms with E-state index < -0.39 is 0 Å². The molecular formula is C10H11FN2O. The molecule has 0 saturated carbocycles. The number of carbonyl (C=O) groups is 1. The minimum absolute atomic E-state index is 0.0144. The highest BCUT2D eigenvalue weighted by Gasteiger charge is 2.15. The molecule has 0 bridgehead atoms. The maximum absolute atomic E-state index is 12.6. The summed E-state index contributed by atoms with van der Waals surface area (Å²) in [6, 6.07) is 6.08.